The number of nitrogens with zero attached hydrogens (tertiary/aromatic N) is 2. The van der Waals surface area contributed by atoms with E-state index in [1.807, 2.05) is 97.3 Å². The molecule has 53 heavy (non-hydrogen) atoms. The van der Waals surface area contributed by atoms with Crippen LogP contribution in [-0.2, 0) is 38.8 Å². The summed E-state index contributed by atoms with van der Waals surface area (Å²) in [5.74, 6) is -0.296. The molecule has 2 heterocycles. The lowest BCUT2D eigenvalue weighted by molar-refractivity contribution is -0.252. The number of hydrogen-bond donors (Lipinski definition) is 4. The number of amides is 2. The number of carbonyl (C=O) groups is 2. The van der Waals surface area contributed by atoms with Crippen molar-refractivity contribution >= 4 is 34.2 Å². The third-order valence-electron chi connectivity index (χ3n) is 9.57. The van der Waals surface area contributed by atoms with Crippen LogP contribution in [0.5, 0.6) is 0 Å². The molecule has 1 aliphatic heterocycles. The summed E-state index contributed by atoms with van der Waals surface area (Å²) in [4.78, 5) is 29.6. The number of hydrogen-bond acceptors (Lipinski definition) is 7. The first-order valence-electron chi connectivity index (χ1n) is 17.9. The summed E-state index contributed by atoms with van der Waals surface area (Å²) in [7, 11) is 0. The van der Waals surface area contributed by atoms with Gasteiger partial charge in [0, 0.05) is 31.4 Å². The highest BCUT2D eigenvalue weighted by atomic mass is 16.7. The fraction of sp³-hybridized carbons (Fsp3) is 0.233. The van der Waals surface area contributed by atoms with E-state index in [2.05, 4.69) is 38.4 Å². The van der Waals surface area contributed by atoms with Crippen LogP contribution in [0.25, 0.3) is 22.2 Å². The topological polar surface area (TPSA) is 141 Å². The Hall–Kier alpha value is -5.81. The normalized spacial score (nSPS) is 17.0. The maximum Gasteiger partial charge on any atom is 0.224 e. The first kappa shape index (κ1) is 35.6. The van der Waals surface area contributed by atoms with Crippen molar-refractivity contribution in [2.45, 2.75) is 63.9 Å². The molecule has 0 radical (unpaired) electrons. The lowest BCUT2D eigenvalue weighted by Gasteiger charge is -2.36. The van der Waals surface area contributed by atoms with Crippen molar-refractivity contribution < 1.29 is 24.2 Å². The molecule has 3 atom stereocenters. The number of imidazole rings is 1. The average Bonchev–Trinajstić information content (AvgIpc) is 3.60. The van der Waals surface area contributed by atoms with Gasteiger partial charge in [-0.3, -0.25) is 9.59 Å². The van der Waals surface area contributed by atoms with E-state index in [0.29, 0.717) is 37.3 Å². The van der Waals surface area contributed by atoms with Crippen LogP contribution >= 0.6 is 0 Å². The number of aliphatic hydroxyl groups excluding tert-OH is 1. The van der Waals surface area contributed by atoms with Crippen molar-refractivity contribution in [2.24, 2.45) is 0 Å². The van der Waals surface area contributed by atoms with Crippen molar-refractivity contribution in [3.8, 4) is 11.1 Å². The van der Waals surface area contributed by atoms with Gasteiger partial charge in [-0.05, 0) is 58.5 Å². The Morgan fingerprint density at radius 3 is 2.34 bits per heavy atom. The van der Waals surface area contributed by atoms with Crippen LogP contribution in [0, 0.1) is 0 Å². The molecular weight excluding hydrogens is 667 g/mol. The zero-order chi connectivity index (χ0) is 36.6. The van der Waals surface area contributed by atoms with Gasteiger partial charge in [0.25, 0.3) is 0 Å². The summed E-state index contributed by atoms with van der Waals surface area (Å²) in [5.41, 5.74) is 14.8. The summed E-state index contributed by atoms with van der Waals surface area (Å²) < 4.78 is 15.3. The summed E-state index contributed by atoms with van der Waals surface area (Å²) in [6, 6.07) is 39.2. The lowest BCUT2D eigenvalue weighted by atomic mass is 9.97. The molecule has 2 amide bonds. The minimum atomic E-state index is -0.596. The van der Waals surface area contributed by atoms with Gasteiger partial charge in [-0.15, -0.1) is 0 Å². The van der Waals surface area contributed by atoms with Gasteiger partial charge in [0.1, 0.15) is 0 Å². The van der Waals surface area contributed by atoms with Gasteiger partial charge in [-0.1, -0.05) is 97.1 Å². The van der Waals surface area contributed by atoms with Crippen LogP contribution in [0.2, 0.25) is 0 Å². The molecule has 1 aliphatic rings. The average molecular weight is 710 g/mol. The van der Waals surface area contributed by atoms with E-state index in [-0.39, 0.29) is 43.5 Å². The second-order valence-electron chi connectivity index (χ2n) is 13.3. The third kappa shape index (κ3) is 8.81. The smallest absolute Gasteiger partial charge is 0.224 e. The number of fused-ring (bicyclic) bond motifs is 1. The number of nitrogens with one attached hydrogen (secondary N) is 2. The van der Waals surface area contributed by atoms with Crippen molar-refractivity contribution in [1.82, 2.24) is 14.9 Å². The number of ether oxygens (including phenoxy) is 2. The molecule has 0 aliphatic carbocycles. The van der Waals surface area contributed by atoms with E-state index in [1.165, 1.54) is 0 Å². The molecule has 10 heteroatoms. The Morgan fingerprint density at radius 2 is 1.53 bits per heavy atom. The number of anilines is 2. The summed E-state index contributed by atoms with van der Waals surface area (Å²) >= 11 is 0. The first-order chi connectivity index (χ1) is 25.9. The van der Waals surface area contributed by atoms with Crippen LogP contribution < -0.4 is 16.4 Å². The van der Waals surface area contributed by atoms with Crippen LogP contribution in [0.4, 0.5) is 11.4 Å². The lowest BCUT2D eigenvalue weighted by Crippen LogP contribution is -2.32. The Kier molecular flexibility index (Phi) is 11.2. The van der Waals surface area contributed by atoms with Gasteiger partial charge >= 0.3 is 0 Å². The molecule has 0 spiro atoms. The second kappa shape index (κ2) is 16.7. The summed E-state index contributed by atoms with van der Waals surface area (Å²) in [5, 5.41) is 15.4. The molecule has 10 nitrogen and oxygen atoms in total. The highest BCUT2D eigenvalue weighted by molar-refractivity contribution is 5.94. The fourth-order valence-electron chi connectivity index (χ4n) is 6.70. The molecular formula is C43H43N5O5. The second-order valence-corrected chi connectivity index (χ2v) is 13.3. The Bertz CT molecular complexity index is 2160. The number of rotatable bonds is 13. The maximum absolute atomic E-state index is 12.7. The van der Waals surface area contributed by atoms with Gasteiger partial charge in [-0.25, -0.2) is 4.98 Å². The van der Waals surface area contributed by atoms with Gasteiger partial charge < -0.3 is 35.5 Å². The van der Waals surface area contributed by atoms with Gasteiger partial charge in [0.15, 0.2) is 6.29 Å². The predicted molar refractivity (Wildman–Crippen MR) is 205 cm³/mol. The van der Waals surface area contributed by atoms with E-state index in [0.717, 1.165) is 44.4 Å². The van der Waals surface area contributed by atoms with E-state index in [4.69, 9.17) is 15.2 Å². The highest BCUT2D eigenvalue weighted by Gasteiger charge is 2.32. The first-order valence-corrected chi connectivity index (χ1v) is 17.9. The zero-order valence-corrected chi connectivity index (χ0v) is 29.4. The minimum Gasteiger partial charge on any atom is -0.397 e. The molecule has 1 saturated heterocycles. The molecule has 6 aromatic rings. The third-order valence-corrected chi connectivity index (χ3v) is 9.57. The molecule has 7 rings (SSSR count). The number of aliphatic hydroxyl groups is 1. The van der Waals surface area contributed by atoms with Gasteiger partial charge in [-0.2, -0.15) is 0 Å². The molecule has 1 fully saturated rings. The Labute approximate surface area is 308 Å². The van der Waals surface area contributed by atoms with E-state index in [1.54, 1.807) is 12.1 Å². The number of carbonyl (C=O) groups excluding carboxylic acids is 2. The van der Waals surface area contributed by atoms with Crippen molar-refractivity contribution in [1.29, 1.82) is 0 Å². The molecule has 5 N–H and O–H groups in total. The Morgan fingerprint density at radius 1 is 0.811 bits per heavy atom. The summed E-state index contributed by atoms with van der Waals surface area (Å²) in [6.07, 6.45) is 2.46. The maximum atomic E-state index is 12.7. The van der Waals surface area contributed by atoms with Crippen molar-refractivity contribution in [3.63, 3.8) is 0 Å². The molecule has 5 aromatic carbocycles. The Balaban J connectivity index is 1.00. The minimum absolute atomic E-state index is 0.0120. The van der Waals surface area contributed by atoms with Crippen LogP contribution in [0.15, 0.2) is 128 Å². The van der Waals surface area contributed by atoms with Crippen LogP contribution in [0.1, 0.15) is 60.3 Å². The van der Waals surface area contributed by atoms with E-state index < -0.39 is 6.29 Å². The number of para-hydroxylation sites is 4. The number of aromatic nitrogens is 2. The molecule has 0 bridgehead atoms. The summed E-state index contributed by atoms with van der Waals surface area (Å²) in [6.45, 7) is 0.973. The number of nitrogens with two attached hydrogens (primary N) is 1. The SMILES string of the molecule is Nc1ccccc1NC(=O)CCCC(=O)NCc1ccccc1-c1ccc(C2OC(Cn3cnc4ccccc43)CC(c3ccc(CO)cc3)O2)cc1. The number of nitrogen functional groups attached to an aromatic ring is 1. The van der Waals surface area contributed by atoms with Crippen molar-refractivity contribution in [2.75, 3.05) is 11.1 Å². The van der Waals surface area contributed by atoms with E-state index in [9.17, 15) is 14.7 Å². The fourth-order valence-corrected chi connectivity index (χ4v) is 6.70. The van der Waals surface area contributed by atoms with E-state index >= 15 is 0 Å². The number of benzene rings is 5. The highest BCUT2D eigenvalue weighted by Crippen LogP contribution is 2.39. The quantitative estimate of drug-likeness (QED) is 0.0914. The zero-order valence-electron chi connectivity index (χ0n) is 29.4. The predicted octanol–water partition coefficient (Wildman–Crippen LogP) is 7.45. The molecule has 3 unspecified atom stereocenters. The monoisotopic (exact) mass is 709 g/mol. The molecule has 1 aromatic heterocycles. The largest absolute Gasteiger partial charge is 0.397 e. The van der Waals surface area contributed by atoms with Crippen LogP contribution in [0.3, 0.4) is 0 Å². The standard InChI is InChI=1S/C43H43N5O5/c44-36-10-3-4-11-37(36)47-42(51)15-7-14-41(50)45-25-33-8-1-2-9-35(33)30-20-22-32(23-21-30)43-52-34(26-48-28-46-38-12-5-6-13-39(38)48)24-40(53-43)31-18-16-29(27-49)17-19-31/h1-6,8-13,16-23,28,34,40,43,49H,7,14-15,24-27,44H2,(H,45,50)(H,47,51). The van der Waals surface area contributed by atoms with Crippen LogP contribution in [-0.4, -0.2) is 32.6 Å². The molecule has 0 saturated carbocycles. The van der Waals surface area contributed by atoms with Crippen molar-refractivity contribution in [3.05, 3.63) is 150 Å². The molecule has 270 valence electrons. The van der Waals surface area contributed by atoms with Gasteiger partial charge in [0.2, 0.25) is 11.8 Å². The van der Waals surface area contributed by atoms with Gasteiger partial charge in [0.05, 0.1) is 54.1 Å².